The van der Waals surface area contributed by atoms with Crippen molar-refractivity contribution in [2.24, 2.45) is 0 Å². The lowest BCUT2D eigenvalue weighted by atomic mass is 10.0. The number of nitrogens with one attached hydrogen (secondary N) is 1. The SMILES string of the molecule is C[C@@H](NC(=O)CN1CCCC[C@@H]1c1nc2ccccc2s1)c1ccc2c(c1)OCCO2. The van der Waals surface area contributed by atoms with Gasteiger partial charge in [-0.15, -0.1) is 11.3 Å². The summed E-state index contributed by atoms with van der Waals surface area (Å²) < 4.78 is 12.5. The molecule has 2 aromatic carbocycles. The molecular weight excluding hydrogens is 410 g/mol. The highest BCUT2D eigenvalue weighted by atomic mass is 32.1. The van der Waals surface area contributed by atoms with Crippen molar-refractivity contribution in [3.8, 4) is 11.5 Å². The molecular formula is C24H27N3O3S. The summed E-state index contributed by atoms with van der Waals surface area (Å²) in [4.78, 5) is 20.1. The molecule has 0 aliphatic carbocycles. The smallest absolute Gasteiger partial charge is 0.234 e. The maximum atomic E-state index is 12.9. The molecule has 6 nitrogen and oxygen atoms in total. The van der Waals surface area contributed by atoms with E-state index in [0.29, 0.717) is 19.8 Å². The van der Waals surface area contributed by atoms with Gasteiger partial charge in [0.25, 0.3) is 0 Å². The second-order valence-corrected chi connectivity index (χ2v) is 9.26. The number of fused-ring (bicyclic) bond motifs is 2. The molecule has 1 aromatic heterocycles. The number of ether oxygens (including phenoxy) is 2. The lowest BCUT2D eigenvalue weighted by Gasteiger charge is -2.34. The Morgan fingerprint density at radius 2 is 2.03 bits per heavy atom. The van der Waals surface area contributed by atoms with Crippen LogP contribution in [0, 0.1) is 0 Å². The summed E-state index contributed by atoms with van der Waals surface area (Å²) in [7, 11) is 0. The molecule has 2 atom stereocenters. The number of rotatable bonds is 5. The third-order valence-corrected chi connectivity index (χ3v) is 7.14. The lowest BCUT2D eigenvalue weighted by Crippen LogP contribution is -2.42. The largest absolute Gasteiger partial charge is 0.486 e. The van der Waals surface area contributed by atoms with Crippen molar-refractivity contribution in [1.82, 2.24) is 15.2 Å². The molecule has 162 valence electrons. The van der Waals surface area contributed by atoms with Crippen molar-refractivity contribution < 1.29 is 14.3 Å². The summed E-state index contributed by atoms with van der Waals surface area (Å²) in [5, 5.41) is 4.27. The van der Waals surface area contributed by atoms with Gasteiger partial charge in [0.1, 0.15) is 18.2 Å². The van der Waals surface area contributed by atoms with E-state index >= 15 is 0 Å². The summed E-state index contributed by atoms with van der Waals surface area (Å²) in [6, 6.07) is 14.2. The zero-order chi connectivity index (χ0) is 21.2. The zero-order valence-electron chi connectivity index (χ0n) is 17.7. The van der Waals surface area contributed by atoms with Gasteiger partial charge in [-0.25, -0.2) is 4.98 Å². The van der Waals surface area contributed by atoms with Crippen LogP contribution in [0.2, 0.25) is 0 Å². The number of aromatic nitrogens is 1. The highest BCUT2D eigenvalue weighted by Gasteiger charge is 2.28. The highest BCUT2D eigenvalue weighted by Crippen LogP contribution is 2.36. The maximum absolute atomic E-state index is 12.9. The average Bonchev–Trinajstić information content (AvgIpc) is 3.23. The van der Waals surface area contributed by atoms with Crippen LogP contribution in [-0.4, -0.2) is 42.1 Å². The minimum atomic E-state index is -0.103. The number of piperidine rings is 1. The molecule has 0 radical (unpaired) electrons. The predicted molar refractivity (Wildman–Crippen MR) is 122 cm³/mol. The Kier molecular flexibility index (Phi) is 5.78. The summed E-state index contributed by atoms with van der Waals surface area (Å²) in [6.45, 7) is 4.44. The highest BCUT2D eigenvalue weighted by molar-refractivity contribution is 7.18. The normalized spacial score (nSPS) is 19.8. The van der Waals surface area contributed by atoms with Crippen LogP contribution in [-0.2, 0) is 4.79 Å². The van der Waals surface area contributed by atoms with Crippen LogP contribution < -0.4 is 14.8 Å². The summed E-state index contributed by atoms with van der Waals surface area (Å²) >= 11 is 1.75. The van der Waals surface area contributed by atoms with Crippen LogP contribution in [0.3, 0.4) is 0 Å². The number of likely N-dealkylation sites (tertiary alicyclic amines) is 1. The number of amides is 1. The van der Waals surface area contributed by atoms with Crippen LogP contribution >= 0.6 is 11.3 Å². The number of carbonyl (C=O) groups is 1. The first-order valence-corrected chi connectivity index (χ1v) is 11.8. The number of hydrogen-bond acceptors (Lipinski definition) is 6. The average molecular weight is 438 g/mol. The maximum Gasteiger partial charge on any atom is 0.234 e. The van der Waals surface area contributed by atoms with Crippen LogP contribution in [0.5, 0.6) is 11.5 Å². The van der Waals surface area contributed by atoms with Gasteiger partial charge in [-0.2, -0.15) is 0 Å². The Hall–Kier alpha value is -2.64. The fourth-order valence-corrected chi connectivity index (χ4v) is 5.51. The summed E-state index contributed by atoms with van der Waals surface area (Å²) in [5.74, 6) is 1.55. The van der Waals surface area contributed by atoms with Crippen molar-refractivity contribution in [2.45, 2.75) is 38.3 Å². The Balaban J connectivity index is 1.26. The molecule has 2 aliphatic heterocycles. The van der Waals surface area contributed by atoms with E-state index < -0.39 is 0 Å². The Labute approximate surface area is 186 Å². The van der Waals surface area contributed by atoms with Gasteiger partial charge < -0.3 is 14.8 Å². The Morgan fingerprint density at radius 1 is 1.19 bits per heavy atom. The molecule has 5 rings (SSSR count). The lowest BCUT2D eigenvalue weighted by molar-refractivity contribution is -0.123. The van der Waals surface area contributed by atoms with E-state index in [1.165, 1.54) is 11.1 Å². The fourth-order valence-electron chi connectivity index (χ4n) is 4.38. The van der Waals surface area contributed by atoms with Crippen LogP contribution in [0.25, 0.3) is 10.2 Å². The first kappa shape index (κ1) is 20.3. The molecule has 1 N–H and O–H groups in total. The third kappa shape index (κ3) is 4.38. The number of benzene rings is 2. The fraction of sp³-hybridized carbons (Fsp3) is 0.417. The Bertz CT molecular complexity index is 1050. The molecule has 2 aliphatic rings. The van der Waals surface area contributed by atoms with Gasteiger partial charge in [-0.1, -0.05) is 24.6 Å². The molecule has 0 spiro atoms. The second kappa shape index (κ2) is 8.85. The van der Waals surface area contributed by atoms with Crippen molar-refractivity contribution in [3.63, 3.8) is 0 Å². The van der Waals surface area contributed by atoms with Gasteiger partial charge in [0, 0.05) is 0 Å². The first-order chi connectivity index (χ1) is 15.2. The molecule has 3 heterocycles. The number of carbonyl (C=O) groups excluding carboxylic acids is 1. The quantitative estimate of drug-likeness (QED) is 0.638. The molecule has 0 saturated carbocycles. The molecule has 0 bridgehead atoms. The first-order valence-electron chi connectivity index (χ1n) is 11.0. The summed E-state index contributed by atoms with van der Waals surface area (Å²) in [6.07, 6.45) is 3.34. The standard InChI is InChI=1S/C24H27N3O3S/c1-16(17-9-10-20-21(14-17)30-13-12-29-20)25-23(28)15-27-11-5-4-7-19(27)24-26-18-6-2-3-8-22(18)31-24/h2-3,6,8-10,14,16,19H,4-5,7,11-13,15H2,1H3,(H,25,28)/t16-,19-/m1/s1. The topological polar surface area (TPSA) is 63.7 Å². The number of para-hydroxylation sites is 1. The molecule has 0 unspecified atom stereocenters. The van der Waals surface area contributed by atoms with E-state index in [1.807, 2.05) is 31.2 Å². The van der Waals surface area contributed by atoms with Gasteiger partial charge in [0.05, 0.1) is 28.8 Å². The van der Waals surface area contributed by atoms with Crippen molar-refractivity contribution >= 4 is 27.5 Å². The molecule has 7 heteroatoms. The molecule has 1 amide bonds. The van der Waals surface area contributed by atoms with Gasteiger partial charge in [0.2, 0.25) is 5.91 Å². The number of nitrogens with zero attached hydrogens (tertiary/aromatic N) is 2. The number of thiazole rings is 1. The van der Waals surface area contributed by atoms with E-state index in [-0.39, 0.29) is 18.0 Å². The second-order valence-electron chi connectivity index (χ2n) is 8.19. The minimum absolute atomic E-state index is 0.0374. The molecule has 31 heavy (non-hydrogen) atoms. The summed E-state index contributed by atoms with van der Waals surface area (Å²) in [5.41, 5.74) is 2.06. The van der Waals surface area contributed by atoms with E-state index in [9.17, 15) is 4.79 Å². The van der Waals surface area contributed by atoms with Crippen LogP contribution in [0.1, 0.15) is 48.8 Å². The monoisotopic (exact) mass is 437 g/mol. The van der Waals surface area contributed by atoms with E-state index in [1.54, 1.807) is 11.3 Å². The van der Waals surface area contributed by atoms with Crippen LogP contribution in [0.4, 0.5) is 0 Å². The van der Waals surface area contributed by atoms with E-state index in [2.05, 4.69) is 28.4 Å². The molecule has 1 fully saturated rings. The van der Waals surface area contributed by atoms with Crippen molar-refractivity contribution in [1.29, 1.82) is 0 Å². The zero-order valence-corrected chi connectivity index (χ0v) is 18.5. The van der Waals surface area contributed by atoms with E-state index in [0.717, 1.165) is 47.0 Å². The van der Waals surface area contributed by atoms with Crippen molar-refractivity contribution in [2.75, 3.05) is 26.3 Å². The van der Waals surface area contributed by atoms with Gasteiger partial charge in [-0.05, 0) is 56.1 Å². The molecule has 3 aromatic rings. The minimum Gasteiger partial charge on any atom is -0.486 e. The Morgan fingerprint density at radius 3 is 2.90 bits per heavy atom. The molecule has 1 saturated heterocycles. The van der Waals surface area contributed by atoms with E-state index in [4.69, 9.17) is 14.5 Å². The van der Waals surface area contributed by atoms with Crippen molar-refractivity contribution in [3.05, 3.63) is 53.0 Å². The van der Waals surface area contributed by atoms with Crippen LogP contribution in [0.15, 0.2) is 42.5 Å². The predicted octanol–water partition coefficient (Wildman–Crippen LogP) is 4.47. The number of hydrogen-bond donors (Lipinski definition) is 1. The van der Waals surface area contributed by atoms with Gasteiger partial charge >= 0.3 is 0 Å². The van der Waals surface area contributed by atoms with Gasteiger partial charge in [0.15, 0.2) is 11.5 Å². The van der Waals surface area contributed by atoms with Gasteiger partial charge in [-0.3, -0.25) is 9.69 Å². The third-order valence-electron chi connectivity index (χ3n) is 6.00.